The molecule has 0 amide bonds. The molecule has 2 aliphatic rings. The topological polar surface area (TPSA) is 102 Å². The summed E-state index contributed by atoms with van der Waals surface area (Å²) in [5.41, 5.74) is 0.495. The molecule has 9 heteroatoms. The third kappa shape index (κ3) is 2.33. The summed E-state index contributed by atoms with van der Waals surface area (Å²) < 4.78 is 17.6. The van der Waals surface area contributed by atoms with E-state index in [1.54, 1.807) is 0 Å². The maximum Gasteiger partial charge on any atom is 0.337 e. The van der Waals surface area contributed by atoms with E-state index in [1.807, 2.05) is 0 Å². The number of carbonyl (C=O) groups excluding carboxylic acids is 2. The van der Waals surface area contributed by atoms with Gasteiger partial charge in [-0.2, -0.15) is 0 Å². The Morgan fingerprint density at radius 1 is 1.42 bits per heavy atom. The summed E-state index contributed by atoms with van der Waals surface area (Å²) in [6, 6.07) is 1.49. The van der Waals surface area contributed by atoms with E-state index < -0.39 is 23.3 Å². The smallest absolute Gasteiger partial charge is 0.337 e. The number of aliphatic hydroxyl groups is 2. The Labute approximate surface area is 154 Å². The molecule has 7 nitrogen and oxygen atoms in total. The molecule has 2 N–H and O–H groups in total. The lowest BCUT2D eigenvalue weighted by Crippen LogP contribution is -2.71. The molecule has 1 saturated carbocycles. The van der Waals surface area contributed by atoms with Gasteiger partial charge in [-0.3, -0.25) is 4.79 Å². The second-order valence-electron chi connectivity index (χ2n) is 5.69. The van der Waals surface area contributed by atoms with E-state index in [9.17, 15) is 19.8 Å². The SMILES string of the molecule is CO[C@]12Oc3cc(CO)c(Br)c(Br)c3O[C@@]1(O)CC(C=O)CC2=O. The average molecular weight is 466 g/mol. The van der Waals surface area contributed by atoms with Gasteiger partial charge in [0, 0.05) is 30.3 Å². The van der Waals surface area contributed by atoms with Crippen LogP contribution in [0.25, 0.3) is 0 Å². The Kier molecular flexibility index (Phi) is 4.50. The fraction of sp³-hybridized carbons (Fsp3) is 0.467. The van der Waals surface area contributed by atoms with Gasteiger partial charge in [0.25, 0.3) is 5.79 Å². The van der Waals surface area contributed by atoms with E-state index >= 15 is 0 Å². The summed E-state index contributed by atoms with van der Waals surface area (Å²) in [4.78, 5) is 23.7. The summed E-state index contributed by atoms with van der Waals surface area (Å²) in [6.07, 6.45) is 0.332. The molecule has 0 radical (unpaired) electrons. The number of Topliss-reactive ketones (excluding diaryl/α,β-unsaturated/α-hetero) is 1. The normalized spacial score (nSPS) is 31.5. The highest BCUT2D eigenvalue weighted by Gasteiger charge is 2.68. The zero-order valence-corrected chi connectivity index (χ0v) is 15.7. The second kappa shape index (κ2) is 6.06. The van der Waals surface area contributed by atoms with Crippen molar-refractivity contribution in [3.8, 4) is 11.5 Å². The molecule has 1 fully saturated rings. The van der Waals surface area contributed by atoms with Crippen LogP contribution in [0.1, 0.15) is 18.4 Å². The third-order valence-corrected chi connectivity index (χ3v) is 6.44. The number of aliphatic hydroxyl groups excluding tert-OH is 1. The van der Waals surface area contributed by atoms with Gasteiger partial charge in [-0.15, -0.1) is 0 Å². The fourth-order valence-corrected chi connectivity index (χ4v) is 4.01. The highest BCUT2D eigenvalue weighted by Crippen LogP contribution is 2.53. The molecule has 130 valence electrons. The number of halogens is 2. The number of carbonyl (C=O) groups is 2. The Morgan fingerprint density at radius 2 is 2.12 bits per heavy atom. The largest absolute Gasteiger partial charge is 0.450 e. The number of hydrogen-bond donors (Lipinski definition) is 2. The first-order chi connectivity index (χ1) is 11.3. The van der Waals surface area contributed by atoms with Crippen molar-refractivity contribution in [2.75, 3.05) is 7.11 Å². The van der Waals surface area contributed by atoms with Crippen LogP contribution in [0.15, 0.2) is 15.0 Å². The Balaban J connectivity index is 2.18. The number of benzene rings is 1. The number of aldehydes is 1. The third-order valence-electron chi connectivity index (χ3n) is 4.25. The second-order valence-corrected chi connectivity index (χ2v) is 7.27. The van der Waals surface area contributed by atoms with Crippen molar-refractivity contribution >= 4 is 43.9 Å². The maximum atomic E-state index is 12.6. The zero-order chi connectivity index (χ0) is 17.7. The first-order valence-corrected chi connectivity index (χ1v) is 8.66. The number of methoxy groups -OCH3 is 1. The first-order valence-electron chi connectivity index (χ1n) is 7.07. The molecule has 0 bridgehead atoms. The summed E-state index contributed by atoms with van der Waals surface area (Å²) in [6.45, 7) is -0.277. The molecule has 1 aromatic rings. The summed E-state index contributed by atoms with van der Waals surface area (Å²) in [7, 11) is 1.22. The number of ketones is 1. The van der Waals surface area contributed by atoms with E-state index in [4.69, 9.17) is 14.2 Å². The molecule has 1 aliphatic heterocycles. The van der Waals surface area contributed by atoms with Crippen LogP contribution in [0.5, 0.6) is 11.5 Å². The predicted octanol–water partition coefficient (Wildman–Crippen LogP) is 1.68. The van der Waals surface area contributed by atoms with Gasteiger partial charge in [-0.1, -0.05) is 0 Å². The van der Waals surface area contributed by atoms with Gasteiger partial charge in [-0.25, -0.2) is 0 Å². The van der Waals surface area contributed by atoms with Gasteiger partial charge in [0.15, 0.2) is 11.5 Å². The molecule has 1 aliphatic carbocycles. The van der Waals surface area contributed by atoms with Crippen molar-refractivity contribution < 1.29 is 34.0 Å². The molecule has 0 spiro atoms. The Morgan fingerprint density at radius 3 is 2.71 bits per heavy atom. The van der Waals surface area contributed by atoms with Crippen LogP contribution in [0.4, 0.5) is 0 Å². The minimum Gasteiger partial charge on any atom is -0.450 e. The molecular formula is C15H14Br2O7. The Hall–Kier alpha value is -1.00. The van der Waals surface area contributed by atoms with Crippen molar-refractivity contribution in [3.05, 3.63) is 20.6 Å². The summed E-state index contributed by atoms with van der Waals surface area (Å²) in [5, 5.41) is 20.4. The van der Waals surface area contributed by atoms with Crippen LogP contribution in [0.3, 0.4) is 0 Å². The number of rotatable bonds is 3. The number of fused-ring (bicyclic) bond motifs is 2. The van der Waals surface area contributed by atoms with Gasteiger partial charge < -0.3 is 29.2 Å². The predicted molar refractivity (Wildman–Crippen MR) is 87.5 cm³/mol. The van der Waals surface area contributed by atoms with Gasteiger partial charge in [0.05, 0.1) is 11.1 Å². The lowest BCUT2D eigenvalue weighted by atomic mass is 9.79. The van der Waals surface area contributed by atoms with Crippen molar-refractivity contribution in [2.45, 2.75) is 31.0 Å². The molecule has 3 atom stereocenters. The molecule has 0 saturated heterocycles. The average Bonchev–Trinajstić information content (AvgIpc) is 2.57. The summed E-state index contributed by atoms with van der Waals surface area (Å²) in [5.74, 6) is -5.23. The van der Waals surface area contributed by atoms with Crippen LogP contribution in [-0.2, 0) is 20.9 Å². The quantitative estimate of drug-likeness (QED) is 0.654. The van der Waals surface area contributed by atoms with E-state index in [0.29, 0.717) is 20.8 Å². The summed E-state index contributed by atoms with van der Waals surface area (Å²) >= 11 is 6.63. The van der Waals surface area contributed by atoms with Gasteiger partial charge in [0.1, 0.15) is 6.29 Å². The van der Waals surface area contributed by atoms with Gasteiger partial charge >= 0.3 is 5.79 Å². The molecular weight excluding hydrogens is 452 g/mol. The molecule has 0 aromatic heterocycles. The first kappa shape index (κ1) is 17.8. The molecule has 1 heterocycles. The van der Waals surface area contributed by atoms with E-state index in [2.05, 4.69) is 31.9 Å². The van der Waals surface area contributed by atoms with Crippen molar-refractivity contribution in [1.29, 1.82) is 0 Å². The van der Waals surface area contributed by atoms with Crippen molar-refractivity contribution in [1.82, 2.24) is 0 Å². The number of ether oxygens (including phenoxy) is 3. The van der Waals surface area contributed by atoms with Crippen LogP contribution >= 0.6 is 31.9 Å². The minimum atomic E-state index is -2.15. The minimum absolute atomic E-state index is 0.122. The van der Waals surface area contributed by atoms with Crippen LogP contribution in [0.2, 0.25) is 0 Å². The van der Waals surface area contributed by atoms with Gasteiger partial charge in [-0.05, 0) is 43.5 Å². The Bertz CT molecular complexity index is 722. The van der Waals surface area contributed by atoms with Crippen LogP contribution in [0, 0.1) is 5.92 Å². The molecule has 1 unspecified atom stereocenters. The van der Waals surface area contributed by atoms with Crippen LogP contribution in [-0.4, -0.2) is 41.0 Å². The van der Waals surface area contributed by atoms with E-state index in [1.165, 1.54) is 13.2 Å². The lowest BCUT2D eigenvalue weighted by Gasteiger charge is -2.50. The zero-order valence-electron chi connectivity index (χ0n) is 12.5. The lowest BCUT2D eigenvalue weighted by molar-refractivity contribution is -0.344. The number of hydrogen-bond acceptors (Lipinski definition) is 7. The highest BCUT2D eigenvalue weighted by molar-refractivity contribution is 9.13. The van der Waals surface area contributed by atoms with Crippen molar-refractivity contribution in [3.63, 3.8) is 0 Å². The molecule has 3 rings (SSSR count). The van der Waals surface area contributed by atoms with E-state index in [-0.39, 0.29) is 30.9 Å². The van der Waals surface area contributed by atoms with Crippen molar-refractivity contribution in [2.24, 2.45) is 5.92 Å². The molecule has 1 aromatic carbocycles. The fourth-order valence-electron chi connectivity index (χ4n) is 3.05. The monoisotopic (exact) mass is 464 g/mol. The highest BCUT2D eigenvalue weighted by atomic mass is 79.9. The standard InChI is InChI=1S/C15H14Br2O7/c1-22-15-10(20)2-7(5-18)4-14(15,21)24-13-9(23-15)3-8(6-19)11(16)12(13)17/h3,5,7,19,21H,2,4,6H2,1H3/t7?,14-,15+/m0/s1. The van der Waals surface area contributed by atoms with Crippen LogP contribution < -0.4 is 9.47 Å². The maximum absolute atomic E-state index is 12.6. The molecule has 24 heavy (non-hydrogen) atoms. The van der Waals surface area contributed by atoms with Gasteiger partial charge in [0.2, 0.25) is 5.78 Å². The van der Waals surface area contributed by atoms with E-state index in [0.717, 1.165) is 0 Å².